The summed E-state index contributed by atoms with van der Waals surface area (Å²) in [6.07, 6.45) is 0. The van der Waals surface area contributed by atoms with Gasteiger partial charge in [-0.25, -0.2) is 5.26 Å². The van der Waals surface area contributed by atoms with Crippen molar-refractivity contribution in [3.63, 3.8) is 0 Å². The monoisotopic (exact) mass is 79.0 g/mol. The number of hydrogen-bond donors (Lipinski definition) is 0. The molecule has 0 aliphatic carbocycles. The number of nitriles is 1. The number of rotatable bonds is 0. The van der Waals surface area contributed by atoms with Crippen LogP contribution in [0.1, 0.15) is 0 Å². The molecule has 0 rings (SSSR count). The Labute approximate surface area is 55.7 Å². The van der Waals surface area contributed by atoms with Gasteiger partial charge >= 0.3 is 45.8 Å². The van der Waals surface area contributed by atoms with E-state index in [0.717, 1.165) is 0 Å². The summed E-state index contributed by atoms with van der Waals surface area (Å²) in [5.74, 6) is 0. The quantitative estimate of drug-likeness (QED) is 0.322. The Morgan fingerprint density at radius 2 is 1.75 bits per heavy atom. The van der Waals surface area contributed by atoms with Gasteiger partial charge in [0.25, 0.3) is 0 Å². The van der Waals surface area contributed by atoms with Crippen LogP contribution in [0, 0.1) is 10.2 Å². The fourth-order valence-electron chi connectivity index (χ4n) is 0. The van der Waals surface area contributed by atoms with E-state index in [4.69, 9.17) is 5.26 Å². The molecule has 4 heavy (non-hydrogen) atoms. The standard InChI is InChI=1S/CN.Al.Na.3H/c1-2;;;;;. The van der Waals surface area contributed by atoms with E-state index in [1.54, 1.807) is 0 Å². The molecule has 0 spiro atoms. The summed E-state index contributed by atoms with van der Waals surface area (Å²) in [4.78, 5) is 1.89. The predicted octanol–water partition coefficient (Wildman–Crippen LogP) is -1.55. The zero-order valence-electron chi connectivity index (χ0n) is 1.95. The molecule has 0 aromatic rings. The maximum absolute atomic E-state index is 7.38. The zero-order valence-corrected chi connectivity index (χ0v) is 3.95. The topological polar surface area (TPSA) is 23.8 Å². The fourth-order valence-corrected chi connectivity index (χ4v) is 0. The molecule has 0 aliphatic rings. The second-order valence-electron chi connectivity index (χ2n) is 0.224. The van der Waals surface area contributed by atoms with Crippen molar-refractivity contribution >= 4 is 45.8 Å². The van der Waals surface area contributed by atoms with Gasteiger partial charge in [0.05, 0.1) is 0 Å². The first-order valence-corrected chi connectivity index (χ1v) is 1.72. The van der Waals surface area contributed by atoms with Gasteiger partial charge in [-0.1, -0.05) is 4.93 Å². The van der Waals surface area contributed by atoms with Crippen LogP contribution in [0.4, 0.5) is 0 Å². The van der Waals surface area contributed by atoms with Gasteiger partial charge in [-0.2, -0.15) is 0 Å². The van der Waals surface area contributed by atoms with Crippen LogP contribution in [0.25, 0.3) is 0 Å². The van der Waals surface area contributed by atoms with E-state index in [2.05, 4.69) is 0 Å². The summed E-state index contributed by atoms with van der Waals surface area (Å²) in [7, 11) is 0. The Morgan fingerprint density at radius 1 is 1.75 bits per heavy atom. The van der Waals surface area contributed by atoms with Crippen molar-refractivity contribution in [2.24, 2.45) is 0 Å². The third-order valence-corrected chi connectivity index (χ3v) is 0. The van der Waals surface area contributed by atoms with E-state index >= 15 is 0 Å². The van der Waals surface area contributed by atoms with E-state index in [0.29, 0.717) is 16.3 Å². The van der Waals surface area contributed by atoms with Crippen LogP contribution in [0.3, 0.4) is 0 Å². The Balaban J connectivity index is 0. The first-order valence-electron chi connectivity index (χ1n) is 0.724. The van der Waals surface area contributed by atoms with Crippen LogP contribution in [0.2, 0.25) is 0 Å². The average Bonchev–Trinajstić information content (AvgIpc) is 0.918. The van der Waals surface area contributed by atoms with Gasteiger partial charge < -0.3 is 0 Å². The van der Waals surface area contributed by atoms with Crippen LogP contribution in [-0.4, -0.2) is 45.8 Å². The van der Waals surface area contributed by atoms with E-state index in [1.165, 1.54) is 0 Å². The summed E-state index contributed by atoms with van der Waals surface area (Å²) in [6, 6.07) is 0. The fraction of sp³-hybridized carbons (Fsp3) is 0. The number of hydrogen-bond acceptors (Lipinski definition) is 1. The SMILES string of the molecule is N#[C][AlH2].[NaH]. The zero-order chi connectivity index (χ0) is 2.71. The Bertz CT molecular complexity index is 29.5. The molecule has 0 unspecified atom stereocenters. The van der Waals surface area contributed by atoms with Crippen molar-refractivity contribution in [2.45, 2.75) is 0 Å². The molecule has 0 amide bonds. The molecular formula is CH3AlNNa. The molecule has 0 saturated carbocycles. The van der Waals surface area contributed by atoms with Crippen LogP contribution in [0.5, 0.6) is 0 Å². The predicted molar refractivity (Wildman–Crippen MR) is 21.3 cm³/mol. The minimum atomic E-state index is 0. The summed E-state index contributed by atoms with van der Waals surface area (Å²) in [5.41, 5.74) is 0. The second-order valence-corrected chi connectivity index (χ2v) is 0.671. The third kappa shape index (κ3) is 11.8. The molecule has 0 bridgehead atoms. The van der Waals surface area contributed by atoms with Gasteiger partial charge in [0.1, 0.15) is 0 Å². The Kier molecular flexibility index (Phi) is 20.0. The second kappa shape index (κ2) is 8.98. The van der Waals surface area contributed by atoms with Crippen LogP contribution in [-0.2, 0) is 0 Å². The van der Waals surface area contributed by atoms with Crippen LogP contribution in [0.15, 0.2) is 0 Å². The molecule has 0 atom stereocenters. The Morgan fingerprint density at radius 3 is 1.75 bits per heavy atom. The van der Waals surface area contributed by atoms with E-state index in [9.17, 15) is 0 Å². The van der Waals surface area contributed by atoms with E-state index < -0.39 is 0 Å². The van der Waals surface area contributed by atoms with Crippen molar-refractivity contribution in [1.82, 2.24) is 0 Å². The van der Waals surface area contributed by atoms with Gasteiger partial charge in [0, 0.05) is 0 Å². The molecular weight excluding hydrogens is 76.0 g/mol. The van der Waals surface area contributed by atoms with Gasteiger partial charge in [-0.15, -0.1) is 0 Å². The van der Waals surface area contributed by atoms with Gasteiger partial charge in [-0.3, -0.25) is 0 Å². The van der Waals surface area contributed by atoms with Gasteiger partial charge in [0.2, 0.25) is 0 Å². The van der Waals surface area contributed by atoms with Crippen molar-refractivity contribution in [3.8, 4) is 4.93 Å². The van der Waals surface area contributed by atoms with Gasteiger partial charge in [0.15, 0.2) is 0 Å². The summed E-state index contributed by atoms with van der Waals surface area (Å²) in [6.45, 7) is 0. The molecule has 0 aromatic carbocycles. The van der Waals surface area contributed by atoms with Gasteiger partial charge in [-0.05, 0) is 0 Å². The third-order valence-electron chi connectivity index (χ3n) is 0. The summed E-state index contributed by atoms with van der Waals surface area (Å²) < 4.78 is 0. The van der Waals surface area contributed by atoms with Crippen molar-refractivity contribution < 1.29 is 0 Å². The molecule has 3 heteroatoms. The van der Waals surface area contributed by atoms with Crippen molar-refractivity contribution in [1.29, 1.82) is 5.26 Å². The van der Waals surface area contributed by atoms with Crippen molar-refractivity contribution in [2.75, 3.05) is 0 Å². The molecule has 0 saturated heterocycles. The Hall–Kier alpha value is 1.02. The summed E-state index contributed by atoms with van der Waals surface area (Å²) in [5, 5.41) is 7.38. The van der Waals surface area contributed by atoms with Crippen LogP contribution >= 0.6 is 0 Å². The molecule has 0 aromatic heterocycles. The van der Waals surface area contributed by atoms with E-state index in [-0.39, 0.29) is 29.6 Å². The van der Waals surface area contributed by atoms with Crippen molar-refractivity contribution in [3.05, 3.63) is 0 Å². The normalized spacial score (nSPS) is 1.75. The van der Waals surface area contributed by atoms with E-state index in [1.807, 2.05) is 4.93 Å². The molecule has 16 valence electrons. The maximum atomic E-state index is 7.38. The number of nitrogens with zero attached hydrogens (tertiary/aromatic N) is 1. The molecule has 0 N–H and O–H groups in total. The molecule has 0 fully saturated rings. The minimum absolute atomic E-state index is 0. The first-order chi connectivity index (χ1) is 1.41. The molecule has 0 aliphatic heterocycles. The molecule has 0 radical (unpaired) electrons. The first kappa shape index (κ1) is 8.90. The molecule has 0 heterocycles. The average molecular weight is 79.0 g/mol. The van der Waals surface area contributed by atoms with Crippen LogP contribution < -0.4 is 0 Å². The summed E-state index contributed by atoms with van der Waals surface area (Å²) >= 11 is 0.674. The molecule has 1 nitrogen and oxygen atoms in total.